The molecule has 0 aliphatic carbocycles. The maximum absolute atomic E-state index is 12.4. The van der Waals surface area contributed by atoms with Gasteiger partial charge in [-0.15, -0.1) is 0 Å². The number of ether oxygens (including phenoxy) is 2. The Morgan fingerprint density at radius 2 is 2.03 bits per heavy atom. The quantitative estimate of drug-likeness (QED) is 0.425. The van der Waals surface area contributed by atoms with Gasteiger partial charge < -0.3 is 35.3 Å². The smallest absolute Gasteiger partial charge is 0.251 e. The number of imidazole rings is 1. The van der Waals surface area contributed by atoms with Crippen LogP contribution in [-0.2, 0) is 11.3 Å². The molecule has 1 fully saturated rings. The predicted molar refractivity (Wildman–Crippen MR) is 106 cm³/mol. The molecule has 5 N–H and O–H groups in total. The summed E-state index contributed by atoms with van der Waals surface area (Å²) in [7, 11) is 1.54. The van der Waals surface area contributed by atoms with Crippen molar-refractivity contribution in [2.24, 2.45) is 0 Å². The number of nitrogens with two attached hydrogens (primary N) is 1. The van der Waals surface area contributed by atoms with E-state index in [4.69, 9.17) is 15.2 Å². The summed E-state index contributed by atoms with van der Waals surface area (Å²) in [4.78, 5) is 24.6. The Morgan fingerprint density at radius 1 is 1.27 bits per heavy atom. The monoisotopic (exact) mass is 414 g/mol. The minimum atomic E-state index is -1.23. The molecule has 0 unspecified atom stereocenters. The number of nitrogens with zero attached hydrogens (tertiary/aromatic N) is 4. The number of nitrogens with one attached hydrogen (secondary N) is 1. The molecule has 11 heteroatoms. The SMILES string of the molecule is COc1ccc(C(=O)N[C@@H]2CO[C@H](Cn3cnc4ncnc(N)c43)[C@@H](O)[C@H]2O)cc1. The standard InChI is InChI=1S/C19H22N6O5/c1-29-11-4-2-10(3-5-11)19(28)24-12-7-30-13(16(27)15(12)26)6-25-9-23-18-14(25)17(20)21-8-22-18/h2-5,8-9,12-13,15-16,26-27H,6-7H2,1H3,(H,24,28)(H2,20,21,22)/t12-,13-,15+,16-/m1/s1. The van der Waals surface area contributed by atoms with Crippen LogP contribution in [0.3, 0.4) is 0 Å². The Hall–Kier alpha value is -3.28. The van der Waals surface area contributed by atoms with Crippen LogP contribution >= 0.6 is 0 Å². The van der Waals surface area contributed by atoms with Gasteiger partial charge in [0.2, 0.25) is 0 Å². The summed E-state index contributed by atoms with van der Waals surface area (Å²) in [5.74, 6) is 0.498. The first-order valence-corrected chi connectivity index (χ1v) is 9.32. The topological polar surface area (TPSA) is 158 Å². The summed E-state index contributed by atoms with van der Waals surface area (Å²) in [6, 6.07) is 5.79. The summed E-state index contributed by atoms with van der Waals surface area (Å²) in [5, 5.41) is 23.8. The van der Waals surface area contributed by atoms with Gasteiger partial charge in [-0.1, -0.05) is 0 Å². The lowest BCUT2D eigenvalue weighted by atomic mass is 9.97. The highest BCUT2D eigenvalue weighted by Crippen LogP contribution is 2.21. The van der Waals surface area contributed by atoms with E-state index < -0.39 is 24.4 Å². The van der Waals surface area contributed by atoms with E-state index in [-0.39, 0.29) is 24.9 Å². The molecule has 3 aromatic rings. The molecule has 4 rings (SSSR count). The molecule has 0 saturated carbocycles. The molecule has 2 aromatic heterocycles. The molecule has 0 spiro atoms. The number of nitrogen functional groups attached to an aromatic ring is 1. The number of amides is 1. The lowest BCUT2D eigenvalue weighted by Gasteiger charge is -2.38. The Labute approximate surface area is 171 Å². The van der Waals surface area contributed by atoms with Gasteiger partial charge in [-0.25, -0.2) is 15.0 Å². The summed E-state index contributed by atoms with van der Waals surface area (Å²) in [6.45, 7) is 0.217. The number of methoxy groups -OCH3 is 1. The predicted octanol–water partition coefficient (Wildman–Crippen LogP) is -0.664. The molecule has 11 nitrogen and oxygen atoms in total. The average molecular weight is 414 g/mol. The molecule has 158 valence electrons. The van der Waals surface area contributed by atoms with Gasteiger partial charge in [0.05, 0.1) is 32.6 Å². The van der Waals surface area contributed by atoms with E-state index in [0.717, 1.165) is 0 Å². The van der Waals surface area contributed by atoms with E-state index in [1.54, 1.807) is 28.8 Å². The maximum Gasteiger partial charge on any atom is 0.251 e. The summed E-state index contributed by atoms with van der Waals surface area (Å²) in [6.07, 6.45) is -0.333. The van der Waals surface area contributed by atoms with E-state index >= 15 is 0 Å². The van der Waals surface area contributed by atoms with Crippen molar-refractivity contribution in [1.82, 2.24) is 24.8 Å². The molecule has 0 bridgehead atoms. The van der Waals surface area contributed by atoms with Crippen molar-refractivity contribution in [3.8, 4) is 5.75 Å². The van der Waals surface area contributed by atoms with Gasteiger partial charge in [0.25, 0.3) is 5.91 Å². The summed E-state index contributed by atoms with van der Waals surface area (Å²) in [5.41, 5.74) is 7.26. The second kappa shape index (κ2) is 8.22. The van der Waals surface area contributed by atoms with Crippen molar-refractivity contribution in [2.45, 2.75) is 30.9 Å². The maximum atomic E-state index is 12.4. The van der Waals surface area contributed by atoms with Crippen molar-refractivity contribution in [3.05, 3.63) is 42.5 Å². The van der Waals surface area contributed by atoms with Crippen LogP contribution in [-0.4, -0.2) is 73.7 Å². The third-order valence-corrected chi connectivity index (χ3v) is 5.12. The van der Waals surface area contributed by atoms with Crippen LogP contribution < -0.4 is 15.8 Å². The molecule has 1 aliphatic rings. The summed E-state index contributed by atoms with van der Waals surface area (Å²) < 4.78 is 12.5. The van der Waals surface area contributed by atoms with Crippen molar-refractivity contribution >= 4 is 22.9 Å². The number of aliphatic hydroxyl groups is 2. The van der Waals surface area contributed by atoms with Gasteiger partial charge >= 0.3 is 0 Å². The second-order valence-corrected chi connectivity index (χ2v) is 6.99. The zero-order valence-corrected chi connectivity index (χ0v) is 16.2. The van der Waals surface area contributed by atoms with E-state index in [9.17, 15) is 15.0 Å². The number of hydrogen-bond acceptors (Lipinski definition) is 9. The fraction of sp³-hybridized carbons (Fsp3) is 0.368. The fourth-order valence-corrected chi connectivity index (χ4v) is 3.43. The lowest BCUT2D eigenvalue weighted by Crippen LogP contribution is -2.59. The summed E-state index contributed by atoms with van der Waals surface area (Å²) >= 11 is 0. The van der Waals surface area contributed by atoms with Gasteiger partial charge in [0.1, 0.15) is 35.9 Å². The third-order valence-electron chi connectivity index (χ3n) is 5.12. The normalized spacial score (nSPS) is 24.0. The number of carbonyl (C=O) groups excluding carboxylic acids is 1. The molecule has 0 radical (unpaired) electrons. The van der Waals surface area contributed by atoms with Gasteiger partial charge in [0.15, 0.2) is 11.5 Å². The Morgan fingerprint density at radius 3 is 2.77 bits per heavy atom. The molecule has 30 heavy (non-hydrogen) atoms. The second-order valence-electron chi connectivity index (χ2n) is 6.99. The van der Waals surface area contributed by atoms with Crippen molar-refractivity contribution in [2.75, 3.05) is 19.5 Å². The number of aliphatic hydroxyl groups excluding tert-OH is 2. The number of carbonyl (C=O) groups is 1. The molecule has 3 heterocycles. The van der Waals surface area contributed by atoms with Crippen molar-refractivity contribution in [1.29, 1.82) is 0 Å². The largest absolute Gasteiger partial charge is 0.497 e. The van der Waals surface area contributed by atoms with Crippen LogP contribution in [0.15, 0.2) is 36.9 Å². The van der Waals surface area contributed by atoms with Crippen LogP contribution in [0.5, 0.6) is 5.75 Å². The van der Waals surface area contributed by atoms with Gasteiger partial charge in [-0.05, 0) is 24.3 Å². The van der Waals surface area contributed by atoms with Crippen LogP contribution in [0.1, 0.15) is 10.4 Å². The average Bonchev–Trinajstić information content (AvgIpc) is 3.17. The van der Waals surface area contributed by atoms with Gasteiger partial charge in [-0.2, -0.15) is 0 Å². The van der Waals surface area contributed by atoms with E-state index in [0.29, 0.717) is 22.5 Å². The Bertz CT molecular complexity index is 1040. The Kier molecular flexibility index (Phi) is 5.48. The number of fused-ring (bicyclic) bond motifs is 1. The van der Waals surface area contributed by atoms with Gasteiger partial charge in [0, 0.05) is 5.56 Å². The van der Waals surface area contributed by atoms with Crippen molar-refractivity contribution in [3.63, 3.8) is 0 Å². The van der Waals surface area contributed by atoms with Crippen LogP contribution in [0.25, 0.3) is 11.2 Å². The lowest BCUT2D eigenvalue weighted by molar-refractivity contribution is -0.152. The number of rotatable bonds is 5. The minimum Gasteiger partial charge on any atom is -0.497 e. The van der Waals surface area contributed by atoms with E-state index in [1.807, 2.05) is 0 Å². The first kappa shape index (κ1) is 20.0. The number of benzene rings is 1. The highest BCUT2D eigenvalue weighted by atomic mass is 16.5. The number of aromatic nitrogens is 4. The van der Waals surface area contributed by atoms with Gasteiger partial charge in [-0.3, -0.25) is 4.79 Å². The molecule has 1 aliphatic heterocycles. The molecule has 4 atom stereocenters. The first-order valence-electron chi connectivity index (χ1n) is 9.32. The molecule has 1 amide bonds. The third kappa shape index (κ3) is 3.77. The zero-order valence-electron chi connectivity index (χ0n) is 16.2. The molecule has 1 saturated heterocycles. The number of anilines is 1. The van der Waals surface area contributed by atoms with E-state index in [1.165, 1.54) is 19.8 Å². The van der Waals surface area contributed by atoms with Crippen LogP contribution in [0, 0.1) is 0 Å². The van der Waals surface area contributed by atoms with E-state index in [2.05, 4.69) is 20.3 Å². The van der Waals surface area contributed by atoms with Crippen LogP contribution in [0.2, 0.25) is 0 Å². The molecule has 1 aromatic carbocycles. The molecular formula is C19H22N6O5. The Balaban J connectivity index is 1.42. The fourth-order valence-electron chi connectivity index (χ4n) is 3.43. The first-order chi connectivity index (χ1) is 14.5. The minimum absolute atomic E-state index is 0.0312. The highest BCUT2D eigenvalue weighted by molar-refractivity contribution is 5.94. The van der Waals surface area contributed by atoms with Crippen LogP contribution in [0.4, 0.5) is 5.82 Å². The van der Waals surface area contributed by atoms with Crippen molar-refractivity contribution < 1.29 is 24.5 Å². The molecular weight excluding hydrogens is 392 g/mol. The highest BCUT2D eigenvalue weighted by Gasteiger charge is 2.39. The zero-order chi connectivity index (χ0) is 21.3. The number of hydrogen-bond donors (Lipinski definition) is 4.